The van der Waals surface area contributed by atoms with Crippen LogP contribution in [-0.4, -0.2) is 37.2 Å². The number of hydrogen-bond donors (Lipinski definition) is 0. The summed E-state index contributed by atoms with van der Waals surface area (Å²) >= 11 is 0. The average molecular weight is 897 g/mol. The fourth-order valence-electron chi connectivity index (χ4n) is 6.36. The third-order valence-corrected chi connectivity index (χ3v) is 10.2. The normalized spacial score (nSPS) is 13.2. The van der Waals surface area contributed by atoms with Gasteiger partial charge in [0, 0.05) is 19.3 Å². The molecule has 0 spiro atoms. The van der Waals surface area contributed by atoms with E-state index in [1.54, 1.807) is 0 Å². The molecule has 0 aliphatic rings. The van der Waals surface area contributed by atoms with Crippen molar-refractivity contribution in [2.75, 3.05) is 13.2 Å². The Labute approximate surface area is 398 Å². The molecule has 0 aromatic heterocycles. The molecule has 0 N–H and O–H groups in total. The zero-order chi connectivity index (χ0) is 47.2. The van der Waals surface area contributed by atoms with Gasteiger partial charge in [-0.25, -0.2) is 0 Å². The molecule has 0 bridgehead atoms. The van der Waals surface area contributed by atoms with Crippen molar-refractivity contribution in [2.45, 2.75) is 207 Å². The molecule has 0 heterocycles. The number of carbonyl (C=O) groups excluding carboxylic acids is 3. The molecule has 0 aliphatic carbocycles. The minimum absolute atomic E-state index is 0.116. The van der Waals surface area contributed by atoms with Crippen LogP contribution in [0.3, 0.4) is 0 Å². The molecule has 1 unspecified atom stereocenters. The number of esters is 3. The summed E-state index contributed by atoms with van der Waals surface area (Å²) in [4.78, 5) is 37.9. The van der Waals surface area contributed by atoms with Gasteiger partial charge in [-0.05, 0) is 109 Å². The Morgan fingerprint density at radius 1 is 0.323 bits per heavy atom. The zero-order valence-corrected chi connectivity index (χ0v) is 41.4. The van der Waals surface area contributed by atoms with Crippen LogP contribution in [0.25, 0.3) is 0 Å². The van der Waals surface area contributed by atoms with E-state index in [1.165, 1.54) is 38.5 Å². The molecule has 0 aromatic carbocycles. The van der Waals surface area contributed by atoms with Gasteiger partial charge in [-0.15, -0.1) is 0 Å². The highest BCUT2D eigenvalue weighted by molar-refractivity contribution is 5.71. The van der Waals surface area contributed by atoms with Gasteiger partial charge in [-0.3, -0.25) is 14.4 Å². The van der Waals surface area contributed by atoms with Crippen molar-refractivity contribution in [1.29, 1.82) is 0 Å². The first-order valence-corrected chi connectivity index (χ1v) is 25.7. The molecule has 0 saturated carbocycles. The summed E-state index contributed by atoms with van der Waals surface area (Å²) in [5, 5.41) is 0. The number of allylic oxidation sites excluding steroid dienone is 22. The monoisotopic (exact) mass is 897 g/mol. The zero-order valence-electron chi connectivity index (χ0n) is 41.4. The van der Waals surface area contributed by atoms with Crippen LogP contribution in [0, 0.1) is 0 Å². The fourth-order valence-corrected chi connectivity index (χ4v) is 6.36. The minimum Gasteiger partial charge on any atom is -0.462 e. The van der Waals surface area contributed by atoms with Crippen molar-refractivity contribution >= 4 is 17.9 Å². The number of rotatable bonds is 44. The summed E-state index contributed by atoms with van der Waals surface area (Å²) < 4.78 is 16.7. The highest BCUT2D eigenvalue weighted by Crippen LogP contribution is 2.12. The first-order chi connectivity index (χ1) is 32.0. The van der Waals surface area contributed by atoms with Gasteiger partial charge < -0.3 is 14.2 Å². The van der Waals surface area contributed by atoms with Gasteiger partial charge in [0.15, 0.2) is 6.10 Å². The predicted octanol–water partition coefficient (Wildman–Crippen LogP) is 17.1. The third kappa shape index (κ3) is 50.4. The standard InChI is InChI=1S/C59H92O6/c1-4-7-10-13-16-19-21-23-25-26-27-28-29-30-31-32-34-35-37-40-43-46-49-52-58(61)64-55-56(54-63-57(60)51-48-45-42-39-18-15-12-9-6-3)65-59(62)53-50-47-44-41-38-36-33-24-22-20-17-14-11-8-5-2/h7-8,10-11,16-17,19-20,23-25,27-28,30-31,33-35,38,40-41,43,56H,4-6,9,12-15,18,21-22,26,29,32,36-37,39,42,44-55H2,1-3H3/b10-7-,11-8-,19-16-,20-17-,25-23-,28-27-,31-30-,33-24-,35-34-,41-38-,43-40-. The lowest BCUT2D eigenvalue weighted by Gasteiger charge is -2.18. The van der Waals surface area contributed by atoms with Gasteiger partial charge in [0.05, 0.1) is 0 Å². The smallest absolute Gasteiger partial charge is 0.306 e. The van der Waals surface area contributed by atoms with E-state index in [9.17, 15) is 14.4 Å². The van der Waals surface area contributed by atoms with Crippen LogP contribution >= 0.6 is 0 Å². The van der Waals surface area contributed by atoms with Gasteiger partial charge in [0.2, 0.25) is 0 Å². The largest absolute Gasteiger partial charge is 0.462 e. The summed E-state index contributed by atoms with van der Waals surface area (Å²) in [5.41, 5.74) is 0. The van der Waals surface area contributed by atoms with Crippen LogP contribution < -0.4 is 0 Å². The van der Waals surface area contributed by atoms with Crippen LogP contribution in [0.4, 0.5) is 0 Å². The van der Waals surface area contributed by atoms with Crippen molar-refractivity contribution in [1.82, 2.24) is 0 Å². The van der Waals surface area contributed by atoms with E-state index in [2.05, 4.69) is 154 Å². The molecule has 0 radical (unpaired) electrons. The summed E-state index contributed by atoms with van der Waals surface area (Å²) in [6.45, 7) is 6.28. The highest BCUT2D eigenvalue weighted by Gasteiger charge is 2.19. The maximum absolute atomic E-state index is 12.8. The second kappa shape index (κ2) is 52.2. The van der Waals surface area contributed by atoms with Crippen LogP contribution in [0.2, 0.25) is 0 Å². The lowest BCUT2D eigenvalue weighted by Crippen LogP contribution is -2.30. The van der Waals surface area contributed by atoms with Gasteiger partial charge in [0.1, 0.15) is 13.2 Å². The van der Waals surface area contributed by atoms with Crippen molar-refractivity contribution < 1.29 is 28.6 Å². The third-order valence-electron chi connectivity index (χ3n) is 10.2. The van der Waals surface area contributed by atoms with Crippen molar-refractivity contribution in [2.24, 2.45) is 0 Å². The number of ether oxygens (including phenoxy) is 3. The molecule has 6 heteroatoms. The minimum atomic E-state index is -0.825. The maximum atomic E-state index is 12.8. The summed E-state index contributed by atoms with van der Waals surface area (Å²) in [6, 6.07) is 0. The molecule has 65 heavy (non-hydrogen) atoms. The van der Waals surface area contributed by atoms with E-state index in [0.29, 0.717) is 19.3 Å². The molecular weight excluding hydrogens is 805 g/mol. The number of hydrogen-bond acceptors (Lipinski definition) is 6. The predicted molar refractivity (Wildman–Crippen MR) is 279 cm³/mol. The van der Waals surface area contributed by atoms with Crippen molar-refractivity contribution in [3.05, 3.63) is 134 Å². The van der Waals surface area contributed by atoms with Crippen molar-refractivity contribution in [3.63, 3.8) is 0 Å². The maximum Gasteiger partial charge on any atom is 0.306 e. The quantitative estimate of drug-likeness (QED) is 0.0262. The second-order valence-electron chi connectivity index (χ2n) is 16.3. The number of carbonyl (C=O) groups is 3. The molecule has 6 nitrogen and oxygen atoms in total. The lowest BCUT2D eigenvalue weighted by molar-refractivity contribution is -0.167. The van der Waals surface area contributed by atoms with Crippen LogP contribution in [0.15, 0.2) is 134 Å². The molecule has 0 aromatic rings. The molecule has 0 fully saturated rings. The molecule has 0 rings (SSSR count). The Morgan fingerprint density at radius 3 is 1.00 bits per heavy atom. The van der Waals surface area contributed by atoms with Crippen LogP contribution in [0.1, 0.15) is 201 Å². The Morgan fingerprint density at radius 2 is 0.615 bits per heavy atom. The van der Waals surface area contributed by atoms with E-state index < -0.39 is 6.10 Å². The van der Waals surface area contributed by atoms with Gasteiger partial charge in [-0.2, -0.15) is 0 Å². The number of unbranched alkanes of at least 4 members (excludes halogenated alkanes) is 11. The molecule has 364 valence electrons. The van der Waals surface area contributed by atoms with Crippen LogP contribution in [0.5, 0.6) is 0 Å². The van der Waals surface area contributed by atoms with Gasteiger partial charge in [-0.1, -0.05) is 206 Å². The fraction of sp³-hybridized carbons (Fsp3) is 0.576. The van der Waals surface area contributed by atoms with Crippen LogP contribution in [-0.2, 0) is 28.6 Å². The van der Waals surface area contributed by atoms with E-state index in [1.807, 2.05) is 0 Å². The topological polar surface area (TPSA) is 78.9 Å². The van der Waals surface area contributed by atoms with E-state index in [4.69, 9.17) is 14.2 Å². The molecule has 0 saturated heterocycles. The van der Waals surface area contributed by atoms with Crippen molar-refractivity contribution in [3.8, 4) is 0 Å². The SMILES string of the molecule is CC/C=C\C/C=C\C/C=C\C/C=C\C/C=C\C/C=C\C/C=C\CCCC(=O)OCC(COC(=O)CCCCCCCCCCC)OC(=O)CCCC/C=C\C/C=C\C/C=C\C/C=C\CC. The van der Waals surface area contributed by atoms with Gasteiger partial charge in [0.25, 0.3) is 0 Å². The Balaban J connectivity index is 4.50. The molecule has 1 atom stereocenters. The first-order valence-electron chi connectivity index (χ1n) is 25.7. The summed E-state index contributed by atoms with van der Waals surface area (Å²) in [5.74, 6) is -1.03. The summed E-state index contributed by atoms with van der Waals surface area (Å²) in [7, 11) is 0. The van der Waals surface area contributed by atoms with E-state index in [-0.39, 0.29) is 44.0 Å². The van der Waals surface area contributed by atoms with E-state index >= 15 is 0 Å². The molecule has 0 amide bonds. The van der Waals surface area contributed by atoms with Gasteiger partial charge >= 0.3 is 17.9 Å². The average Bonchev–Trinajstić information content (AvgIpc) is 3.30. The Kier molecular flexibility index (Phi) is 48.6. The first kappa shape index (κ1) is 60.5. The second-order valence-corrected chi connectivity index (χ2v) is 16.3. The molecule has 0 aliphatic heterocycles. The molecular formula is C59H92O6. The highest BCUT2D eigenvalue weighted by atomic mass is 16.6. The summed E-state index contributed by atoms with van der Waals surface area (Å²) in [6.07, 6.45) is 73.1. The van der Waals surface area contributed by atoms with E-state index in [0.717, 1.165) is 109 Å². The Hall–Kier alpha value is -4.45. The lowest BCUT2D eigenvalue weighted by atomic mass is 10.1. The Bertz CT molecular complexity index is 1450.